The Hall–Kier alpha value is -4.99. The van der Waals surface area contributed by atoms with Gasteiger partial charge in [-0.25, -0.2) is 0 Å². The van der Waals surface area contributed by atoms with Gasteiger partial charge in [0.25, 0.3) is 5.91 Å². The molecule has 1 unspecified atom stereocenters. The summed E-state index contributed by atoms with van der Waals surface area (Å²) in [6, 6.07) is 25.4. The summed E-state index contributed by atoms with van der Waals surface area (Å²) in [6.07, 6.45) is 0.514. The van der Waals surface area contributed by atoms with E-state index in [1.807, 2.05) is 54.6 Å². The van der Waals surface area contributed by atoms with Gasteiger partial charge in [-0.3, -0.25) is 19.7 Å². The molecule has 4 aromatic carbocycles. The Kier molecular flexibility index (Phi) is 12.6. The third kappa shape index (κ3) is 9.46. The van der Waals surface area contributed by atoms with Crippen LogP contribution in [-0.4, -0.2) is 86.6 Å². The number of halogens is 1. The third-order valence-electron chi connectivity index (χ3n) is 9.04. The van der Waals surface area contributed by atoms with Gasteiger partial charge in [-0.2, -0.15) is 0 Å². The van der Waals surface area contributed by atoms with Crippen LogP contribution < -0.4 is 19.5 Å². The Morgan fingerprint density at radius 1 is 0.800 bits per heavy atom. The number of hydrogen-bond acceptors (Lipinski definition) is 11. The molecule has 0 spiro atoms. The first-order valence-electron chi connectivity index (χ1n) is 17.9. The van der Waals surface area contributed by atoms with Crippen molar-refractivity contribution in [2.24, 2.45) is 0 Å². The van der Waals surface area contributed by atoms with Gasteiger partial charge in [-0.1, -0.05) is 34.1 Å². The number of fused-ring (bicyclic) bond motifs is 2. The van der Waals surface area contributed by atoms with Gasteiger partial charge in [0.1, 0.15) is 42.3 Å². The number of phenols is 1. The van der Waals surface area contributed by atoms with E-state index in [9.17, 15) is 19.5 Å². The second-order valence-corrected chi connectivity index (χ2v) is 14.7. The highest BCUT2D eigenvalue weighted by Crippen LogP contribution is 2.47. The molecule has 5 aromatic rings. The predicted molar refractivity (Wildman–Crippen MR) is 211 cm³/mol. The number of amides is 3. The van der Waals surface area contributed by atoms with Crippen molar-refractivity contribution in [2.45, 2.75) is 25.4 Å². The number of ether oxygens (including phenoxy) is 6. The van der Waals surface area contributed by atoms with E-state index in [1.165, 1.54) is 4.90 Å². The molecule has 2 aliphatic heterocycles. The van der Waals surface area contributed by atoms with Gasteiger partial charge in [0.15, 0.2) is 5.75 Å². The minimum Gasteiger partial charge on any atom is -0.508 e. The molecule has 2 aliphatic rings. The molecular weight excluding hydrogens is 792 g/mol. The van der Waals surface area contributed by atoms with Crippen LogP contribution in [0.5, 0.6) is 28.7 Å². The summed E-state index contributed by atoms with van der Waals surface area (Å²) in [4.78, 5) is 39.3. The number of phenolic OH excluding ortho intramolecular Hbond substituents is 1. The fourth-order valence-corrected chi connectivity index (χ4v) is 7.77. The second kappa shape index (κ2) is 18.1. The summed E-state index contributed by atoms with van der Waals surface area (Å²) in [6.45, 7) is 3.27. The zero-order valence-electron chi connectivity index (χ0n) is 29.8. The third-order valence-corrected chi connectivity index (χ3v) is 10.8. The molecule has 0 saturated carbocycles. The lowest BCUT2D eigenvalue weighted by molar-refractivity contribution is -0.136. The van der Waals surface area contributed by atoms with Crippen molar-refractivity contribution in [3.63, 3.8) is 0 Å². The van der Waals surface area contributed by atoms with Crippen molar-refractivity contribution in [3.05, 3.63) is 101 Å². The van der Waals surface area contributed by atoms with E-state index in [4.69, 9.17) is 28.4 Å². The fourth-order valence-electron chi connectivity index (χ4n) is 6.34. The van der Waals surface area contributed by atoms with Crippen LogP contribution in [-0.2, 0) is 30.3 Å². The number of piperidine rings is 1. The smallest absolute Gasteiger partial charge is 0.255 e. The number of imide groups is 1. The van der Waals surface area contributed by atoms with Crippen molar-refractivity contribution in [2.75, 3.05) is 52.9 Å². The molecule has 14 heteroatoms. The molecule has 2 N–H and O–H groups in total. The van der Waals surface area contributed by atoms with E-state index in [0.717, 1.165) is 36.3 Å². The number of nitrogens with one attached hydrogen (secondary N) is 1. The molecule has 55 heavy (non-hydrogen) atoms. The molecule has 1 saturated heterocycles. The van der Waals surface area contributed by atoms with E-state index in [2.05, 4.69) is 21.2 Å². The van der Waals surface area contributed by atoms with Gasteiger partial charge in [0.2, 0.25) is 11.8 Å². The van der Waals surface area contributed by atoms with Gasteiger partial charge >= 0.3 is 0 Å². The van der Waals surface area contributed by atoms with Crippen molar-refractivity contribution in [1.82, 2.24) is 10.2 Å². The summed E-state index contributed by atoms with van der Waals surface area (Å²) in [5.41, 5.74) is 2.26. The highest BCUT2D eigenvalue weighted by molar-refractivity contribution is 9.10. The Balaban J connectivity index is 0.00000532. The average molecular weight is 834 g/mol. The summed E-state index contributed by atoms with van der Waals surface area (Å²) >= 11 is 5.07. The molecule has 1 atom stereocenters. The lowest BCUT2D eigenvalue weighted by Gasteiger charge is -2.29. The lowest BCUT2D eigenvalue weighted by Crippen LogP contribution is -2.52. The van der Waals surface area contributed by atoms with Gasteiger partial charge in [0, 0.05) is 33.5 Å². The van der Waals surface area contributed by atoms with Gasteiger partial charge in [-0.15, -0.1) is 11.3 Å². The molecule has 3 amide bonds. The summed E-state index contributed by atoms with van der Waals surface area (Å²) in [5, 5.41) is 13.3. The fraction of sp³-hybridized carbons (Fsp3) is 0.293. The number of aromatic hydroxyl groups is 1. The van der Waals surface area contributed by atoms with Gasteiger partial charge in [-0.05, 0) is 78.7 Å². The first kappa shape index (κ1) is 38.3. The maximum Gasteiger partial charge on any atom is 0.255 e. The number of carbonyl (C=O) groups is 3. The zero-order valence-corrected chi connectivity index (χ0v) is 32.2. The monoisotopic (exact) mass is 832 g/mol. The SMILES string of the molecule is O=C1CCC(N2Cc3c(OCCOCCOCCOCCOc4ccc(Oc5c(-c6ccc(Br)cc6)sc6cc(O)ccc56)cc4)cccc3C2=O)C(=O)N1.[HH]. The minimum absolute atomic E-state index is 0. The van der Waals surface area contributed by atoms with Crippen molar-refractivity contribution >= 4 is 55.1 Å². The summed E-state index contributed by atoms with van der Waals surface area (Å²) in [5.74, 6) is 1.88. The summed E-state index contributed by atoms with van der Waals surface area (Å²) in [7, 11) is 0. The topological polar surface area (TPSA) is 142 Å². The Morgan fingerprint density at radius 2 is 1.47 bits per heavy atom. The first-order valence-corrected chi connectivity index (χ1v) is 19.5. The maximum absolute atomic E-state index is 13.0. The largest absolute Gasteiger partial charge is 0.508 e. The van der Waals surface area contributed by atoms with E-state index in [-0.39, 0.29) is 38.6 Å². The lowest BCUT2D eigenvalue weighted by atomic mass is 10.0. The molecular formula is C41H41BrN2O10S. The predicted octanol–water partition coefficient (Wildman–Crippen LogP) is 7.34. The van der Waals surface area contributed by atoms with Crippen LogP contribution in [0.2, 0.25) is 0 Å². The van der Waals surface area contributed by atoms with Gasteiger partial charge < -0.3 is 38.4 Å². The Labute approximate surface area is 331 Å². The van der Waals surface area contributed by atoms with Crippen LogP contribution in [0.4, 0.5) is 0 Å². The molecule has 1 aromatic heterocycles. The Bertz CT molecular complexity index is 2150. The molecule has 0 radical (unpaired) electrons. The number of rotatable bonds is 18. The maximum atomic E-state index is 13.0. The molecule has 7 rings (SSSR count). The van der Waals surface area contributed by atoms with Crippen LogP contribution in [0.25, 0.3) is 20.5 Å². The molecule has 0 bridgehead atoms. The summed E-state index contributed by atoms with van der Waals surface area (Å²) < 4.78 is 36.9. The Morgan fingerprint density at radius 3 is 2.18 bits per heavy atom. The van der Waals surface area contributed by atoms with Crippen LogP contribution >= 0.6 is 27.3 Å². The average Bonchev–Trinajstić information content (AvgIpc) is 3.71. The quantitative estimate of drug-likeness (QED) is 0.0681. The van der Waals surface area contributed by atoms with Gasteiger partial charge in [0.05, 0.1) is 51.1 Å². The van der Waals surface area contributed by atoms with E-state index < -0.39 is 11.9 Å². The standard InChI is InChI=1S/C41H39BrN2O10S.H2/c42-27-6-4-26(5-7-27)39-38(32-13-8-28(45)24-36(32)55-39)54-30-11-9-29(10-12-30)52-22-20-50-18-16-49-17-19-51-21-23-53-35-3-1-2-31-33(35)25-44(41(31)48)34-14-15-37(46)43-40(34)47;/h1-13,24,34,45H,14-23,25H2,(H,43,46,47);1H. The van der Waals surface area contributed by atoms with E-state index in [0.29, 0.717) is 75.5 Å². The van der Waals surface area contributed by atoms with Crippen molar-refractivity contribution in [1.29, 1.82) is 0 Å². The van der Waals surface area contributed by atoms with Crippen LogP contribution in [0.15, 0.2) is 89.4 Å². The van der Waals surface area contributed by atoms with Crippen molar-refractivity contribution in [3.8, 4) is 39.2 Å². The second-order valence-electron chi connectivity index (χ2n) is 12.7. The van der Waals surface area contributed by atoms with Crippen LogP contribution in [0.1, 0.15) is 30.2 Å². The number of thiophene rings is 1. The van der Waals surface area contributed by atoms with Crippen LogP contribution in [0.3, 0.4) is 0 Å². The molecule has 12 nitrogen and oxygen atoms in total. The highest BCUT2D eigenvalue weighted by Gasteiger charge is 2.40. The van der Waals surface area contributed by atoms with Crippen molar-refractivity contribution < 1.29 is 49.3 Å². The zero-order chi connectivity index (χ0) is 38.1. The number of benzene rings is 4. The molecule has 288 valence electrons. The molecule has 3 heterocycles. The van der Waals surface area contributed by atoms with Crippen LogP contribution in [0, 0.1) is 0 Å². The number of hydrogen-bond donors (Lipinski definition) is 2. The van der Waals surface area contributed by atoms with E-state index in [1.54, 1.807) is 41.7 Å². The number of carbonyl (C=O) groups excluding carboxylic acids is 3. The minimum atomic E-state index is -0.672. The molecule has 1 fully saturated rings. The normalized spacial score (nSPS) is 15.3. The highest BCUT2D eigenvalue weighted by atomic mass is 79.9. The van der Waals surface area contributed by atoms with E-state index >= 15 is 0 Å². The first-order chi connectivity index (χ1) is 26.8. The molecule has 0 aliphatic carbocycles. The number of nitrogens with zero attached hydrogens (tertiary/aromatic N) is 1.